The van der Waals surface area contributed by atoms with Crippen LogP contribution in [0.4, 0.5) is 5.82 Å². The third-order valence-electron chi connectivity index (χ3n) is 2.75. The number of carboxylic acids is 1. The topological polar surface area (TPSA) is 62.2 Å². The lowest BCUT2D eigenvalue weighted by atomic mass is 10.0. The molecule has 2 N–H and O–H groups in total. The van der Waals surface area contributed by atoms with E-state index in [2.05, 4.69) is 10.3 Å². The van der Waals surface area contributed by atoms with Crippen molar-refractivity contribution in [2.75, 3.05) is 12.4 Å². The molecule has 0 saturated carbocycles. The summed E-state index contributed by atoms with van der Waals surface area (Å²) in [7, 11) is 1.67. The van der Waals surface area contributed by atoms with Crippen LogP contribution in [0.15, 0.2) is 18.2 Å². The Morgan fingerprint density at radius 2 is 2.00 bits per heavy atom. The summed E-state index contributed by atoms with van der Waals surface area (Å²) >= 11 is 0. The first kappa shape index (κ1) is 11.4. The lowest BCUT2D eigenvalue weighted by Gasteiger charge is -2.09. The van der Waals surface area contributed by atoms with Crippen molar-refractivity contribution in [2.24, 2.45) is 0 Å². The molecular formula is C13H14N2O2. The first-order valence-electron chi connectivity index (χ1n) is 5.36. The van der Waals surface area contributed by atoms with E-state index in [0.29, 0.717) is 5.82 Å². The number of hydrogen-bond donors (Lipinski definition) is 2. The highest BCUT2D eigenvalue weighted by Gasteiger charge is 2.13. The van der Waals surface area contributed by atoms with Gasteiger partial charge in [0.15, 0.2) is 0 Å². The second-order valence-electron chi connectivity index (χ2n) is 4.09. The summed E-state index contributed by atoms with van der Waals surface area (Å²) in [4.78, 5) is 15.5. The van der Waals surface area contributed by atoms with Gasteiger partial charge in [-0.2, -0.15) is 0 Å². The fraction of sp³-hybridized carbons (Fsp3) is 0.231. The van der Waals surface area contributed by atoms with Gasteiger partial charge in [-0.25, -0.2) is 9.78 Å². The molecule has 0 fully saturated rings. The van der Waals surface area contributed by atoms with Crippen molar-refractivity contribution >= 4 is 22.7 Å². The number of hydrogen-bond acceptors (Lipinski definition) is 3. The Morgan fingerprint density at radius 1 is 1.29 bits per heavy atom. The van der Waals surface area contributed by atoms with Gasteiger partial charge in [0, 0.05) is 12.4 Å². The van der Waals surface area contributed by atoms with Crippen LogP contribution < -0.4 is 5.32 Å². The molecule has 0 aliphatic heterocycles. The predicted molar refractivity (Wildman–Crippen MR) is 67.7 cm³/mol. The smallest absolute Gasteiger partial charge is 0.339 e. The molecule has 0 aliphatic rings. The van der Waals surface area contributed by atoms with Crippen molar-refractivity contribution in [3.63, 3.8) is 0 Å². The van der Waals surface area contributed by atoms with Gasteiger partial charge in [-0.3, -0.25) is 0 Å². The SMILES string of the molecule is CNc1nc2cc(C)cc(C)c2cc1C(=O)O. The molecule has 0 spiro atoms. The molecule has 0 radical (unpaired) electrons. The van der Waals surface area contributed by atoms with Gasteiger partial charge < -0.3 is 10.4 Å². The van der Waals surface area contributed by atoms with Gasteiger partial charge >= 0.3 is 5.97 Å². The maximum absolute atomic E-state index is 11.1. The number of carboxylic acid groups (broad SMARTS) is 1. The van der Waals surface area contributed by atoms with Crippen molar-refractivity contribution in [3.8, 4) is 0 Å². The number of nitrogens with one attached hydrogen (secondary N) is 1. The van der Waals surface area contributed by atoms with Gasteiger partial charge in [0.05, 0.1) is 5.52 Å². The maximum Gasteiger partial charge on any atom is 0.339 e. The number of nitrogens with zero attached hydrogens (tertiary/aromatic N) is 1. The quantitative estimate of drug-likeness (QED) is 0.832. The van der Waals surface area contributed by atoms with Gasteiger partial charge in [0.2, 0.25) is 0 Å². The average molecular weight is 230 g/mol. The van der Waals surface area contributed by atoms with E-state index in [4.69, 9.17) is 5.11 Å². The molecule has 0 saturated heterocycles. The van der Waals surface area contributed by atoms with Crippen LogP contribution >= 0.6 is 0 Å². The van der Waals surface area contributed by atoms with Crippen LogP contribution in [0.25, 0.3) is 10.9 Å². The van der Waals surface area contributed by atoms with E-state index >= 15 is 0 Å². The zero-order chi connectivity index (χ0) is 12.6. The van der Waals surface area contributed by atoms with Gasteiger partial charge in [-0.15, -0.1) is 0 Å². The van der Waals surface area contributed by atoms with E-state index in [9.17, 15) is 4.79 Å². The summed E-state index contributed by atoms with van der Waals surface area (Å²) in [6.07, 6.45) is 0. The summed E-state index contributed by atoms with van der Waals surface area (Å²) in [5, 5.41) is 12.8. The van der Waals surface area contributed by atoms with E-state index in [-0.39, 0.29) is 5.56 Å². The van der Waals surface area contributed by atoms with Crippen molar-refractivity contribution in [2.45, 2.75) is 13.8 Å². The zero-order valence-electron chi connectivity index (χ0n) is 10.0. The normalized spacial score (nSPS) is 10.5. The second-order valence-corrected chi connectivity index (χ2v) is 4.09. The summed E-state index contributed by atoms with van der Waals surface area (Å²) in [6, 6.07) is 5.65. The monoisotopic (exact) mass is 230 g/mol. The molecule has 2 rings (SSSR count). The molecule has 88 valence electrons. The number of aromatic carboxylic acids is 1. The van der Waals surface area contributed by atoms with Crippen LogP contribution in [0, 0.1) is 13.8 Å². The Hall–Kier alpha value is -2.10. The molecular weight excluding hydrogens is 216 g/mol. The highest BCUT2D eigenvalue weighted by molar-refractivity contribution is 5.98. The third-order valence-corrected chi connectivity index (χ3v) is 2.75. The lowest BCUT2D eigenvalue weighted by molar-refractivity contribution is 0.0698. The average Bonchev–Trinajstić information content (AvgIpc) is 2.26. The van der Waals surface area contributed by atoms with Crippen LogP contribution in [0.5, 0.6) is 0 Å². The third kappa shape index (κ3) is 1.93. The zero-order valence-corrected chi connectivity index (χ0v) is 10.0. The number of carbonyl (C=O) groups is 1. The first-order valence-corrected chi connectivity index (χ1v) is 5.36. The van der Waals surface area contributed by atoms with Gasteiger partial charge in [-0.1, -0.05) is 6.07 Å². The Morgan fingerprint density at radius 3 is 2.59 bits per heavy atom. The first-order chi connectivity index (χ1) is 8.02. The summed E-state index contributed by atoms with van der Waals surface area (Å²) in [5.74, 6) is -0.571. The number of anilines is 1. The van der Waals surface area contributed by atoms with Crippen LogP contribution in [-0.2, 0) is 0 Å². The number of rotatable bonds is 2. The molecule has 1 aromatic heterocycles. The Balaban J connectivity index is 2.83. The molecule has 4 nitrogen and oxygen atoms in total. The molecule has 2 aromatic rings. The summed E-state index contributed by atoms with van der Waals surface area (Å²) < 4.78 is 0. The summed E-state index contributed by atoms with van der Waals surface area (Å²) in [5.41, 5.74) is 3.18. The van der Waals surface area contributed by atoms with Crippen molar-refractivity contribution in [1.29, 1.82) is 0 Å². The maximum atomic E-state index is 11.1. The van der Waals surface area contributed by atoms with Crippen molar-refractivity contribution in [1.82, 2.24) is 4.98 Å². The fourth-order valence-electron chi connectivity index (χ4n) is 1.98. The number of fused-ring (bicyclic) bond motifs is 1. The highest BCUT2D eigenvalue weighted by atomic mass is 16.4. The van der Waals surface area contributed by atoms with Crippen LogP contribution in [0.3, 0.4) is 0 Å². The van der Waals surface area contributed by atoms with Crippen LogP contribution in [0.1, 0.15) is 21.5 Å². The van der Waals surface area contributed by atoms with Gasteiger partial charge in [-0.05, 0) is 37.1 Å². The Labute approximate surface area is 99.3 Å². The molecule has 0 amide bonds. The Kier molecular flexibility index (Phi) is 2.71. The van der Waals surface area contributed by atoms with E-state index in [1.807, 2.05) is 26.0 Å². The largest absolute Gasteiger partial charge is 0.478 e. The molecule has 1 aromatic carbocycles. The van der Waals surface area contributed by atoms with Crippen molar-refractivity contribution < 1.29 is 9.90 Å². The van der Waals surface area contributed by atoms with Crippen molar-refractivity contribution in [3.05, 3.63) is 34.9 Å². The predicted octanol–water partition coefficient (Wildman–Crippen LogP) is 2.59. The minimum absolute atomic E-state index is 0.201. The van der Waals surface area contributed by atoms with E-state index in [1.165, 1.54) is 0 Å². The van der Waals surface area contributed by atoms with E-state index in [0.717, 1.165) is 22.0 Å². The number of aryl methyl sites for hydroxylation is 2. The Bertz CT molecular complexity index is 606. The number of benzene rings is 1. The molecule has 0 aliphatic carbocycles. The fourth-order valence-corrected chi connectivity index (χ4v) is 1.98. The minimum Gasteiger partial charge on any atom is -0.478 e. The van der Waals surface area contributed by atoms with E-state index < -0.39 is 5.97 Å². The lowest BCUT2D eigenvalue weighted by Crippen LogP contribution is -2.05. The highest BCUT2D eigenvalue weighted by Crippen LogP contribution is 2.24. The molecule has 4 heteroatoms. The molecule has 1 heterocycles. The van der Waals surface area contributed by atoms with Gasteiger partial charge in [0.25, 0.3) is 0 Å². The standard InChI is InChI=1S/C13H14N2O2/c1-7-4-8(2)9-6-10(13(16)17)12(14-3)15-11(9)5-7/h4-6H,1-3H3,(H,14,15)(H,16,17). The minimum atomic E-state index is -0.969. The van der Waals surface area contributed by atoms with Crippen LogP contribution in [-0.4, -0.2) is 23.1 Å². The number of aromatic nitrogens is 1. The van der Waals surface area contributed by atoms with E-state index in [1.54, 1.807) is 13.1 Å². The molecule has 0 bridgehead atoms. The molecule has 17 heavy (non-hydrogen) atoms. The molecule has 0 unspecified atom stereocenters. The summed E-state index contributed by atoms with van der Waals surface area (Å²) in [6.45, 7) is 3.96. The van der Waals surface area contributed by atoms with Crippen LogP contribution in [0.2, 0.25) is 0 Å². The second kappa shape index (κ2) is 4.05. The number of pyridine rings is 1. The van der Waals surface area contributed by atoms with Gasteiger partial charge in [0.1, 0.15) is 11.4 Å². The molecule has 0 atom stereocenters.